The molecule has 0 atom stereocenters. The second-order valence-corrected chi connectivity index (χ2v) is 5.77. The summed E-state index contributed by atoms with van der Waals surface area (Å²) in [5.41, 5.74) is 12.6. The number of hydrogen-bond donors (Lipinski definition) is 5. The van der Waals surface area contributed by atoms with Crippen molar-refractivity contribution < 1.29 is 10.0 Å². The third-order valence-electron chi connectivity index (χ3n) is 4.00. The highest BCUT2D eigenvalue weighted by Crippen LogP contribution is 2.26. The average Bonchev–Trinajstić information content (AvgIpc) is 3.10. The van der Waals surface area contributed by atoms with Crippen molar-refractivity contribution in [3.63, 3.8) is 0 Å². The Morgan fingerprint density at radius 3 is 2.56 bits per heavy atom. The predicted octanol–water partition coefficient (Wildman–Crippen LogP) is 3.30. The second-order valence-electron chi connectivity index (χ2n) is 5.77. The number of hydrazine groups is 1. The van der Waals surface area contributed by atoms with Gasteiger partial charge in [0.15, 0.2) is 0 Å². The quantitative estimate of drug-likeness (QED) is 0.429. The molecule has 1 heterocycles. The van der Waals surface area contributed by atoms with Crippen LogP contribution in [-0.4, -0.2) is 22.6 Å². The van der Waals surface area contributed by atoms with Gasteiger partial charge in [0.05, 0.1) is 23.4 Å². The van der Waals surface area contributed by atoms with Crippen molar-refractivity contribution in [3.05, 3.63) is 59.8 Å². The molecule has 0 radical (unpaired) electrons. The highest BCUT2D eigenvalue weighted by molar-refractivity contribution is 5.93. The maximum Gasteiger partial charge on any atom is 0.234 e. The number of anilines is 2. The average molecular weight is 369 g/mol. The Balaban J connectivity index is 0.00000126. The molecule has 7 heteroatoms. The molecule has 3 rings (SSSR count). The lowest BCUT2D eigenvalue weighted by Crippen LogP contribution is -2.29. The number of carbonyl (C=O) groups is 1. The van der Waals surface area contributed by atoms with Gasteiger partial charge in [0.1, 0.15) is 0 Å². The lowest BCUT2D eigenvalue weighted by Gasteiger charge is -2.20. The molecule has 0 unspecified atom stereocenters. The summed E-state index contributed by atoms with van der Waals surface area (Å²) in [6.07, 6.45) is 1.93. The molecule has 27 heavy (non-hydrogen) atoms. The molecule has 0 aliphatic carbocycles. The van der Waals surface area contributed by atoms with Crippen LogP contribution in [0.2, 0.25) is 0 Å². The predicted molar refractivity (Wildman–Crippen MR) is 110 cm³/mol. The van der Waals surface area contributed by atoms with E-state index < -0.39 is 0 Å². The van der Waals surface area contributed by atoms with Crippen molar-refractivity contribution >= 4 is 28.2 Å². The van der Waals surface area contributed by atoms with E-state index in [9.17, 15) is 10.0 Å². The molecular formula is C20H27N5O2. The monoisotopic (exact) mass is 369 g/mol. The Hall–Kier alpha value is -3.03. The van der Waals surface area contributed by atoms with Crippen LogP contribution in [0.3, 0.4) is 0 Å². The third-order valence-corrected chi connectivity index (χ3v) is 4.00. The number of aryl methyl sites for hydroxylation is 1. The third kappa shape index (κ3) is 4.99. The largest absolute Gasteiger partial charge is 0.359 e. The first-order valence-electron chi connectivity index (χ1n) is 8.96. The number of carbonyl (C=O) groups excluding carboxylic acids is 1. The van der Waals surface area contributed by atoms with Gasteiger partial charge < -0.3 is 16.0 Å². The normalized spacial score (nSPS) is 10.1. The summed E-state index contributed by atoms with van der Waals surface area (Å²) in [6.45, 7) is 6.40. The number of hydrogen-bond acceptors (Lipinski definition) is 5. The van der Waals surface area contributed by atoms with Crippen LogP contribution in [0.15, 0.2) is 48.7 Å². The summed E-state index contributed by atoms with van der Waals surface area (Å²) in [7, 11) is 0. The van der Waals surface area contributed by atoms with Gasteiger partial charge in [0, 0.05) is 18.1 Å². The van der Waals surface area contributed by atoms with Crippen LogP contribution in [0.4, 0.5) is 11.4 Å². The Morgan fingerprint density at radius 1 is 1.19 bits per heavy atom. The number of benzene rings is 2. The molecule has 2 aromatic carbocycles. The number of nitrogens with two attached hydrogens (primary N) is 1. The van der Waals surface area contributed by atoms with E-state index >= 15 is 0 Å². The van der Waals surface area contributed by atoms with E-state index in [4.69, 9.17) is 5.73 Å². The molecule has 0 saturated heterocycles. The van der Waals surface area contributed by atoms with Crippen molar-refractivity contribution in [2.75, 3.05) is 17.1 Å². The van der Waals surface area contributed by atoms with Crippen LogP contribution in [-0.2, 0) is 11.3 Å². The van der Waals surface area contributed by atoms with E-state index in [0.717, 1.165) is 32.9 Å². The molecule has 0 aliphatic rings. The standard InChI is InChI=1S/C18H21N5O2.C2H6/c1-12-10-21-18-15(12)3-2-4-16(18)22-23(25)14-7-5-13(6-8-14)11-20-17(24)9-19;1-2/h2-8,10,21-22,25H,9,11,19H2,1H3,(H,20,24);1-2H3. The van der Waals surface area contributed by atoms with Gasteiger partial charge in [0.25, 0.3) is 0 Å². The summed E-state index contributed by atoms with van der Waals surface area (Å²) < 4.78 is 0. The smallest absolute Gasteiger partial charge is 0.234 e. The van der Waals surface area contributed by atoms with Gasteiger partial charge in [-0.3, -0.25) is 15.4 Å². The molecule has 1 amide bonds. The summed E-state index contributed by atoms with van der Waals surface area (Å²) in [5.74, 6) is -0.205. The maximum absolute atomic E-state index is 11.2. The van der Waals surface area contributed by atoms with Gasteiger partial charge in [-0.15, -0.1) is 0 Å². The van der Waals surface area contributed by atoms with Crippen molar-refractivity contribution in [1.82, 2.24) is 10.3 Å². The second kappa shape index (κ2) is 9.61. The number of aromatic nitrogens is 1. The number of H-pyrrole nitrogens is 1. The number of nitrogens with zero attached hydrogens (tertiary/aromatic N) is 1. The number of para-hydroxylation sites is 1. The topological polar surface area (TPSA) is 106 Å². The molecule has 1 aromatic heterocycles. The van der Waals surface area contributed by atoms with Crippen LogP contribution in [0.25, 0.3) is 10.9 Å². The van der Waals surface area contributed by atoms with Gasteiger partial charge in [-0.1, -0.05) is 38.1 Å². The van der Waals surface area contributed by atoms with Gasteiger partial charge in [-0.2, -0.15) is 5.17 Å². The van der Waals surface area contributed by atoms with Crippen LogP contribution in [0.5, 0.6) is 0 Å². The van der Waals surface area contributed by atoms with E-state index in [1.54, 1.807) is 12.1 Å². The highest BCUT2D eigenvalue weighted by atomic mass is 16.5. The fraction of sp³-hybridized carbons (Fsp3) is 0.250. The Kier molecular flexibility index (Phi) is 7.22. The summed E-state index contributed by atoms with van der Waals surface area (Å²) >= 11 is 0. The highest BCUT2D eigenvalue weighted by Gasteiger charge is 2.08. The van der Waals surface area contributed by atoms with E-state index in [-0.39, 0.29) is 12.5 Å². The minimum absolute atomic E-state index is 0.0316. The van der Waals surface area contributed by atoms with E-state index in [1.807, 2.05) is 57.3 Å². The minimum Gasteiger partial charge on any atom is -0.359 e. The first-order valence-corrected chi connectivity index (χ1v) is 8.96. The van der Waals surface area contributed by atoms with Crippen molar-refractivity contribution in [1.29, 1.82) is 0 Å². The fourth-order valence-corrected chi connectivity index (χ4v) is 2.59. The summed E-state index contributed by atoms with van der Waals surface area (Å²) in [5, 5.41) is 15.1. The molecule has 3 aromatic rings. The zero-order valence-corrected chi connectivity index (χ0v) is 15.9. The SMILES string of the molecule is CC.Cc1c[nH]c2c(NN(O)c3ccc(CNC(=O)CN)cc3)cccc12. The Bertz CT molecular complexity index is 874. The van der Waals surface area contributed by atoms with E-state index in [0.29, 0.717) is 12.2 Å². The number of aromatic amines is 1. The molecular weight excluding hydrogens is 342 g/mol. The molecule has 0 spiro atoms. The zero-order chi connectivity index (χ0) is 19.8. The lowest BCUT2D eigenvalue weighted by molar-refractivity contribution is -0.119. The van der Waals surface area contributed by atoms with Crippen LogP contribution in [0.1, 0.15) is 25.0 Å². The van der Waals surface area contributed by atoms with Gasteiger partial charge in [-0.25, -0.2) is 0 Å². The Morgan fingerprint density at radius 2 is 1.89 bits per heavy atom. The number of amides is 1. The van der Waals surface area contributed by atoms with E-state index in [2.05, 4.69) is 15.7 Å². The van der Waals surface area contributed by atoms with Gasteiger partial charge in [0.2, 0.25) is 5.91 Å². The molecule has 0 saturated carbocycles. The van der Waals surface area contributed by atoms with Crippen molar-refractivity contribution in [2.45, 2.75) is 27.3 Å². The first kappa shape index (κ1) is 20.3. The van der Waals surface area contributed by atoms with Crippen molar-refractivity contribution in [2.24, 2.45) is 5.73 Å². The van der Waals surface area contributed by atoms with Crippen LogP contribution < -0.4 is 21.6 Å². The van der Waals surface area contributed by atoms with Crippen molar-refractivity contribution in [3.8, 4) is 0 Å². The van der Waals surface area contributed by atoms with Gasteiger partial charge in [-0.05, 0) is 36.2 Å². The Labute approximate surface area is 159 Å². The number of fused-ring (bicyclic) bond motifs is 1. The summed E-state index contributed by atoms with van der Waals surface area (Å²) in [4.78, 5) is 14.4. The number of nitrogens with one attached hydrogen (secondary N) is 3. The van der Waals surface area contributed by atoms with E-state index in [1.165, 1.54) is 0 Å². The number of rotatable bonds is 6. The summed E-state index contributed by atoms with van der Waals surface area (Å²) in [6, 6.07) is 13.0. The molecule has 0 bridgehead atoms. The minimum atomic E-state index is -0.205. The molecule has 0 fully saturated rings. The maximum atomic E-state index is 11.2. The van der Waals surface area contributed by atoms with Crippen LogP contribution in [0, 0.1) is 6.92 Å². The first-order chi connectivity index (χ1) is 13.1. The van der Waals surface area contributed by atoms with Gasteiger partial charge >= 0.3 is 0 Å². The lowest BCUT2D eigenvalue weighted by atomic mass is 10.2. The molecule has 7 nitrogen and oxygen atoms in total. The molecule has 0 aliphatic heterocycles. The fourth-order valence-electron chi connectivity index (χ4n) is 2.59. The molecule has 6 N–H and O–H groups in total. The van der Waals surface area contributed by atoms with Crippen LogP contribution >= 0.6 is 0 Å². The molecule has 144 valence electrons. The zero-order valence-electron chi connectivity index (χ0n) is 15.9.